The quantitative estimate of drug-likeness (QED) is 0.468. The van der Waals surface area contributed by atoms with Crippen LogP contribution in [0, 0.1) is 11.3 Å². The summed E-state index contributed by atoms with van der Waals surface area (Å²) in [5.74, 6) is -1.06. The summed E-state index contributed by atoms with van der Waals surface area (Å²) in [7, 11) is 0. The first-order valence-electron chi connectivity index (χ1n) is 6.63. The third kappa shape index (κ3) is 3.45. The molecule has 0 bridgehead atoms. The molecular formula is C15H14N2O4. The standard InChI is InChI=1S/C15H14N2O4/c16-8-1-2-9-21-15(20)11-4-3-5-12(10-11)17-13(18)6-7-14(17)19/h3-5,10H,1-2,6-7,9H2. The van der Waals surface area contributed by atoms with Gasteiger partial charge >= 0.3 is 5.97 Å². The number of carbonyl (C=O) groups excluding carboxylic acids is 3. The van der Waals surface area contributed by atoms with Gasteiger partial charge in [0.05, 0.1) is 23.9 Å². The normalized spacial score (nSPS) is 14.1. The highest BCUT2D eigenvalue weighted by molar-refractivity contribution is 6.20. The Morgan fingerprint density at radius 1 is 1.29 bits per heavy atom. The second kappa shape index (κ2) is 6.66. The van der Waals surface area contributed by atoms with Gasteiger partial charge in [-0.2, -0.15) is 5.26 Å². The highest BCUT2D eigenvalue weighted by atomic mass is 16.5. The summed E-state index contributed by atoms with van der Waals surface area (Å²) in [6.07, 6.45) is 1.19. The summed E-state index contributed by atoms with van der Waals surface area (Å²) in [5, 5.41) is 8.40. The van der Waals surface area contributed by atoms with Gasteiger partial charge in [-0.25, -0.2) is 4.79 Å². The molecule has 1 aromatic carbocycles. The maximum atomic E-state index is 11.8. The predicted octanol–water partition coefficient (Wildman–Crippen LogP) is 1.80. The number of hydrogen-bond donors (Lipinski definition) is 0. The van der Waals surface area contributed by atoms with Gasteiger partial charge < -0.3 is 4.74 Å². The minimum Gasteiger partial charge on any atom is -0.462 e. The van der Waals surface area contributed by atoms with E-state index in [1.54, 1.807) is 18.2 Å². The van der Waals surface area contributed by atoms with E-state index >= 15 is 0 Å². The number of anilines is 1. The van der Waals surface area contributed by atoms with Gasteiger partial charge in [0, 0.05) is 19.3 Å². The second-order valence-electron chi connectivity index (χ2n) is 4.57. The van der Waals surface area contributed by atoms with Gasteiger partial charge in [-0.15, -0.1) is 0 Å². The minimum atomic E-state index is -0.533. The number of esters is 1. The molecule has 1 aliphatic heterocycles. The molecule has 0 N–H and O–H groups in total. The Balaban J connectivity index is 2.07. The SMILES string of the molecule is N#CCCCOC(=O)c1cccc(N2C(=O)CCC2=O)c1. The fourth-order valence-corrected chi connectivity index (χ4v) is 2.04. The average molecular weight is 286 g/mol. The van der Waals surface area contributed by atoms with Crippen molar-refractivity contribution in [3.05, 3.63) is 29.8 Å². The molecule has 0 saturated carbocycles. The van der Waals surface area contributed by atoms with Crippen LogP contribution in [0.5, 0.6) is 0 Å². The summed E-state index contributed by atoms with van der Waals surface area (Å²) in [4.78, 5) is 36.3. The Kier molecular flexibility index (Phi) is 4.67. The minimum absolute atomic E-state index is 0.165. The van der Waals surface area contributed by atoms with Gasteiger partial charge in [0.2, 0.25) is 11.8 Å². The van der Waals surface area contributed by atoms with Gasteiger partial charge in [-0.05, 0) is 24.6 Å². The molecule has 21 heavy (non-hydrogen) atoms. The lowest BCUT2D eigenvalue weighted by Gasteiger charge is -2.14. The number of nitrogens with zero attached hydrogens (tertiary/aromatic N) is 2. The van der Waals surface area contributed by atoms with Crippen molar-refractivity contribution in [1.29, 1.82) is 5.26 Å². The zero-order valence-corrected chi connectivity index (χ0v) is 11.4. The Hall–Kier alpha value is -2.68. The molecule has 2 rings (SSSR count). The van der Waals surface area contributed by atoms with E-state index in [1.807, 2.05) is 6.07 Å². The lowest BCUT2D eigenvalue weighted by molar-refractivity contribution is -0.121. The summed E-state index contributed by atoms with van der Waals surface area (Å²) in [6.45, 7) is 0.165. The van der Waals surface area contributed by atoms with E-state index in [1.165, 1.54) is 6.07 Å². The molecule has 0 spiro atoms. The Labute approximate surface area is 121 Å². The van der Waals surface area contributed by atoms with Gasteiger partial charge in [0.25, 0.3) is 0 Å². The van der Waals surface area contributed by atoms with E-state index in [0.717, 1.165) is 4.90 Å². The number of ether oxygens (including phenoxy) is 1. The number of hydrogen-bond acceptors (Lipinski definition) is 5. The maximum absolute atomic E-state index is 11.8. The molecule has 1 heterocycles. The van der Waals surface area contributed by atoms with Crippen molar-refractivity contribution in [2.45, 2.75) is 25.7 Å². The first-order chi connectivity index (χ1) is 10.1. The van der Waals surface area contributed by atoms with Crippen LogP contribution < -0.4 is 4.90 Å². The molecule has 0 radical (unpaired) electrons. The number of carbonyl (C=O) groups is 3. The summed E-state index contributed by atoms with van der Waals surface area (Å²) in [5.41, 5.74) is 0.658. The van der Waals surface area contributed by atoms with Gasteiger partial charge in [-0.1, -0.05) is 6.07 Å². The van der Waals surface area contributed by atoms with Crippen molar-refractivity contribution in [2.75, 3.05) is 11.5 Å². The number of nitriles is 1. The Bertz CT molecular complexity index is 602. The Morgan fingerprint density at radius 2 is 2.00 bits per heavy atom. The van der Waals surface area contributed by atoms with Crippen molar-refractivity contribution >= 4 is 23.5 Å². The van der Waals surface area contributed by atoms with E-state index in [2.05, 4.69) is 0 Å². The van der Waals surface area contributed by atoms with Crippen LogP contribution in [0.25, 0.3) is 0 Å². The molecular weight excluding hydrogens is 272 g/mol. The van der Waals surface area contributed by atoms with E-state index in [4.69, 9.17) is 10.00 Å². The zero-order valence-electron chi connectivity index (χ0n) is 11.4. The molecule has 1 aromatic rings. The lowest BCUT2D eigenvalue weighted by Crippen LogP contribution is -2.28. The van der Waals surface area contributed by atoms with Crippen molar-refractivity contribution in [3.8, 4) is 6.07 Å². The van der Waals surface area contributed by atoms with Crippen LogP contribution >= 0.6 is 0 Å². The largest absolute Gasteiger partial charge is 0.462 e. The average Bonchev–Trinajstić information content (AvgIpc) is 2.82. The van der Waals surface area contributed by atoms with Crippen LogP contribution in [0.3, 0.4) is 0 Å². The van der Waals surface area contributed by atoms with Crippen molar-refractivity contribution in [1.82, 2.24) is 0 Å². The molecule has 2 amide bonds. The lowest BCUT2D eigenvalue weighted by atomic mass is 10.2. The summed E-state index contributed by atoms with van der Waals surface area (Å²) >= 11 is 0. The van der Waals surface area contributed by atoms with Crippen molar-refractivity contribution < 1.29 is 19.1 Å². The van der Waals surface area contributed by atoms with Crippen molar-refractivity contribution in [2.24, 2.45) is 0 Å². The number of rotatable bonds is 5. The molecule has 0 aromatic heterocycles. The van der Waals surface area contributed by atoms with E-state index in [0.29, 0.717) is 18.5 Å². The molecule has 6 heteroatoms. The zero-order chi connectivity index (χ0) is 15.2. The first kappa shape index (κ1) is 14.7. The van der Waals surface area contributed by atoms with Crippen molar-refractivity contribution in [3.63, 3.8) is 0 Å². The topological polar surface area (TPSA) is 87.5 Å². The van der Waals surface area contributed by atoms with E-state index < -0.39 is 5.97 Å². The first-order valence-corrected chi connectivity index (χ1v) is 6.63. The molecule has 0 unspecified atom stereocenters. The van der Waals surface area contributed by atoms with Crippen LogP contribution in [-0.2, 0) is 14.3 Å². The third-order valence-electron chi connectivity index (χ3n) is 3.06. The molecule has 1 saturated heterocycles. The molecule has 1 fully saturated rings. The number of unbranched alkanes of at least 4 members (excludes halogenated alkanes) is 1. The molecule has 0 aliphatic carbocycles. The van der Waals surface area contributed by atoms with Crippen LogP contribution in [0.1, 0.15) is 36.0 Å². The summed E-state index contributed by atoms with van der Waals surface area (Å²) in [6, 6.07) is 8.19. The van der Waals surface area contributed by atoms with Gasteiger partial charge in [0.1, 0.15) is 0 Å². The number of benzene rings is 1. The summed E-state index contributed by atoms with van der Waals surface area (Å²) < 4.78 is 5.02. The highest BCUT2D eigenvalue weighted by Crippen LogP contribution is 2.23. The van der Waals surface area contributed by atoms with Crippen LogP contribution in [0.4, 0.5) is 5.69 Å². The van der Waals surface area contributed by atoms with Gasteiger partial charge in [0.15, 0.2) is 0 Å². The van der Waals surface area contributed by atoms with Crippen LogP contribution in [0.2, 0.25) is 0 Å². The molecule has 0 atom stereocenters. The van der Waals surface area contributed by atoms with E-state index in [-0.39, 0.29) is 36.8 Å². The monoisotopic (exact) mass is 286 g/mol. The van der Waals surface area contributed by atoms with Crippen LogP contribution in [0.15, 0.2) is 24.3 Å². The molecule has 6 nitrogen and oxygen atoms in total. The number of imide groups is 1. The van der Waals surface area contributed by atoms with E-state index in [9.17, 15) is 14.4 Å². The molecule has 108 valence electrons. The fraction of sp³-hybridized carbons (Fsp3) is 0.333. The fourth-order valence-electron chi connectivity index (χ4n) is 2.04. The predicted molar refractivity (Wildman–Crippen MR) is 73.3 cm³/mol. The maximum Gasteiger partial charge on any atom is 0.338 e. The highest BCUT2D eigenvalue weighted by Gasteiger charge is 2.30. The number of amides is 2. The third-order valence-corrected chi connectivity index (χ3v) is 3.06. The smallest absolute Gasteiger partial charge is 0.338 e. The second-order valence-corrected chi connectivity index (χ2v) is 4.57. The van der Waals surface area contributed by atoms with Gasteiger partial charge in [-0.3, -0.25) is 14.5 Å². The van der Waals surface area contributed by atoms with Crippen LogP contribution in [-0.4, -0.2) is 24.4 Å². The Morgan fingerprint density at radius 3 is 2.67 bits per heavy atom. The molecule has 1 aliphatic rings.